The Kier molecular flexibility index (Phi) is 16.4. The molecule has 0 aliphatic carbocycles. The number of rotatable bonds is 18. The normalized spacial score (nSPS) is 16.8. The minimum absolute atomic E-state index is 0.0723. The molecule has 9 nitrogen and oxygen atoms in total. The molecule has 53 heavy (non-hydrogen) atoms. The third-order valence-corrected chi connectivity index (χ3v) is 13.4. The van der Waals surface area contributed by atoms with Gasteiger partial charge in [-0.3, -0.25) is 19.2 Å². The van der Waals surface area contributed by atoms with Crippen molar-refractivity contribution in [3.8, 4) is 0 Å². The summed E-state index contributed by atoms with van der Waals surface area (Å²) in [6.07, 6.45) is -38.4. The molecule has 0 rings (SSSR count). The van der Waals surface area contributed by atoms with E-state index in [4.69, 9.17) is 9.47 Å². The Labute approximate surface area is 299 Å². The van der Waals surface area contributed by atoms with E-state index in [1.54, 1.807) is 0 Å². The quantitative estimate of drug-likeness (QED) is 0.0625. The van der Waals surface area contributed by atoms with Gasteiger partial charge in [0.1, 0.15) is 5.60 Å². The molecule has 0 aromatic heterocycles. The summed E-state index contributed by atoms with van der Waals surface area (Å²) in [6, 6.07) is 0. The maximum atomic E-state index is 13.3. The van der Waals surface area contributed by atoms with Gasteiger partial charge in [-0.25, -0.2) is 0 Å². The van der Waals surface area contributed by atoms with Crippen molar-refractivity contribution in [1.82, 2.24) is 0 Å². The lowest BCUT2D eigenvalue weighted by atomic mass is 9.78. The second kappa shape index (κ2) is 17.3. The van der Waals surface area contributed by atoms with Gasteiger partial charge in [0.25, 0.3) is 12.2 Å². The van der Waals surface area contributed by atoms with Gasteiger partial charge in [-0.05, 0) is 38.7 Å². The number of ether oxygens (including phenoxy) is 4. The summed E-state index contributed by atoms with van der Waals surface area (Å²) in [6.45, 7) is 14.5. The van der Waals surface area contributed by atoms with E-state index in [2.05, 4.69) is 29.1 Å². The molecule has 0 aliphatic heterocycles. The van der Waals surface area contributed by atoms with Crippen molar-refractivity contribution in [2.75, 3.05) is 6.61 Å². The maximum absolute atomic E-state index is 13.3. The maximum Gasteiger partial charge on any atom is 0.434 e. The summed E-state index contributed by atoms with van der Waals surface area (Å²) in [7, 11) is -1.86. The Balaban J connectivity index is 7.23. The summed E-state index contributed by atoms with van der Waals surface area (Å²) >= 11 is 0. The average Bonchev–Trinajstić information content (AvgIpc) is 2.88. The molecule has 0 bridgehead atoms. The number of carboxylic acid groups (broad SMARTS) is 1. The summed E-state index contributed by atoms with van der Waals surface area (Å²) in [4.78, 5) is 50.1. The van der Waals surface area contributed by atoms with E-state index in [0.29, 0.717) is 13.3 Å². The van der Waals surface area contributed by atoms with Crippen LogP contribution in [-0.2, 0) is 38.1 Å². The molecule has 0 amide bonds. The van der Waals surface area contributed by atoms with Gasteiger partial charge in [-0.1, -0.05) is 40.4 Å². The van der Waals surface area contributed by atoms with Crippen molar-refractivity contribution in [1.29, 1.82) is 0 Å². The van der Waals surface area contributed by atoms with Crippen LogP contribution in [0.1, 0.15) is 74.1 Å². The summed E-state index contributed by atoms with van der Waals surface area (Å²) in [5.41, 5.74) is -3.95. The zero-order valence-corrected chi connectivity index (χ0v) is 31.7. The van der Waals surface area contributed by atoms with Crippen molar-refractivity contribution in [3.05, 3.63) is 0 Å². The van der Waals surface area contributed by atoms with Gasteiger partial charge in [0.05, 0.1) is 23.4 Å². The number of carbonyl (C=O) groups is 4. The summed E-state index contributed by atoms with van der Waals surface area (Å²) in [5.74, 6) is -13.2. The van der Waals surface area contributed by atoms with E-state index < -0.39 is 117 Å². The van der Waals surface area contributed by atoms with Crippen LogP contribution < -0.4 is 0 Å². The van der Waals surface area contributed by atoms with Crippen molar-refractivity contribution >= 4 is 32.0 Å². The van der Waals surface area contributed by atoms with Crippen LogP contribution in [-0.4, -0.2) is 92.3 Å². The first kappa shape index (κ1) is 50.2. The number of hydrogen-bond donors (Lipinski definition) is 1. The number of carboxylic acids is 1. The van der Waals surface area contributed by atoms with Crippen molar-refractivity contribution in [2.24, 2.45) is 17.3 Å². The minimum Gasteiger partial charge on any atom is -0.481 e. The fraction of sp³-hybridized carbons (Fsp3) is 0.871. The van der Waals surface area contributed by atoms with Gasteiger partial charge in [0.2, 0.25) is 0 Å². The molecule has 0 heterocycles. The molecule has 0 fully saturated rings. The zero-order chi connectivity index (χ0) is 42.6. The molecule has 22 heteroatoms. The number of esters is 3. The largest absolute Gasteiger partial charge is 0.481 e. The second-order valence-corrected chi connectivity index (χ2v) is 21.3. The van der Waals surface area contributed by atoms with Crippen LogP contribution in [0.25, 0.3) is 0 Å². The van der Waals surface area contributed by atoms with E-state index in [1.165, 1.54) is 13.8 Å². The molecule has 0 saturated heterocycles. The van der Waals surface area contributed by atoms with Crippen LogP contribution in [0.4, 0.5) is 52.7 Å². The molecule has 0 saturated carbocycles. The fourth-order valence-electron chi connectivity index (χ4n) is 4.86. The summed E-state index contributed by atoms with van der Waals surface area (Å²) in [5, 5.41) is 9.47. The van der Waals surface area contributed by atoms with Crippen LogP contribution in [0.3, 0.4) is 0 Å². The lowest BCUT2D eigenvalue weighted by Gasteiger charge is -2.39. The minimum atomic E-state index is -6.34. The number of aliphatic carboxylic acids is 1. The van der Waals surface area contributed by atoms with Gasteiger partial charge in [-0.2, -0.15) is 52.7 Å². The molecule has 4 atom stereocenters. The molecule has 312 valence electrons. The first-order valence-electron chi connectivity index (χ1n) is 15.9. The highest BCUT2D eigenvalue weighted by molar-refractivity contribution is 6.79. The lowest BCUT2D eigenvalue weighted by Crippen LogP contribution is -2.50. The Bertz CT molecular complexity index is 1240. The molecule has 0 spiro atoms. The third kappa shape index (κ3) is 15.8. The van der Waals surface area contributed by atoms with Crippen LogP contribution in [0.2, 0.25) is 24.7 Å². The van der Waals surface area contributed by atoms with Gasteiger partial charge in [0, 0.05) is 34.4 Å². The molecule has 1 N–H and O–H groups in total. The fourth-order valence-corrected chi connectivity index (χ4v) is 5.71. The Morgan fingerprint density at radius 3 is 1.40 bits per heavy atom. The first-order valence-corrected chi connectivity index (χ1v) is 19.4. The molecule has 0 aliphatic rings. The first-order chi connectivity index (χ1) is 23.2. The Morgan fingerprint density at radius 2 is 1.06 bits per heavy atom. The highest BCUT2D eigenvalue weighted by Gasteiger charge is 2.62. The van der Waals surface area contributed by atoms with Crippen molar-refractivity contribution < 1.29 is 95.9 Å². The van der Waals surface area contributed by atoms with E-state index in [0.717, 1.165) is 13.8 Å². The molecule has 4 unspecified atom stereocenters. The number of hydrogen-bond acceptors (Lipinski definition) is 8. The number of halogens is 12. The molecular formula is C31H46F12O9Si. The zero-order valence-electron chi connectivity index (χ0n) is 30.7. The van der Waals surface area contributed by atoms with Gasteiger partial charge in [-0.15, -0.1) is 0 Å². The van der Waals surface area contributed by atoms with Crippen LogP contribution in [0.5, 0.6) is 0 Å². The van der Waals surface area contributed by atoms with Gasteiger partial charge >= 0.3 is 48.6 Å². The van der Waals surface area contributed by atoms with Gasteiger partial charge in [0.15, 0.2) is 0 Å². The standard InChI is InChI=1S/C31H46F12O9Si/c1-16(20(45)50-22(28(32,33)34)29(35,36)37)19(21(46)51-23(30(38,39)40)31(41,42)43)15-27(7,52-17(2)44)14-18(13-25(3,4)24(47)48)49-12-11-26(5,6)53(8,9)10/h16,18-19,22-23H,11-15H2,1-10H3,(H,47,48). The molecular weight excluding hydrogens is 772 g/mol. The number of alkyl halides is 12. The average molecular weight is 819 g/mol. The van der Waals surface area contributed by atoms with E-state index in [1.807, 2.05) is 13.8 Å². The van der Waals surface area contributed by atoms with E-state index >= 15 is 0 Å². The van der Waals surface area contributed by atoms with E-state index in [9.17, 15) is 77.0 Å². The SMILES string of the molecule is CC(=O)OC(C)(CC(CC(C)(C)C(=O)O)OCCC(C)(C)[Si](C)(C)C)CC(C(=O)OC(C(F)(F)F)C(F)(F)F)C(C)C(=O)OC(C(F)(F)F)C(F)(F)F. The topological polar surface area (TPSA) is 125 Å². The van der Waals surface area contributed by atoms with Crippen LogP contribution in [0, 0.1) is 17.3 Å². The monoisotopic (exact) mass is 818 g/mol. The smallest absolute Gasteiger partial charge is 0.434 e. The summed E-state index contributed by atoms with van der Waals surface area (Å²) < 4.78 is 178. The molecule has 0 aromatic carbocycles. The van der Waals surface area contributed by atoms with E-state index in [-0.39, 0.29) is 11.6 Å². The predicted molar refractivity (Wildman–Crippen MR) is 164 cm³/mol. The second-order valence-electron chi connectivity index (χ2n) is 15.4. The Hall–Kier alpha value is -2.78. The number of carbonyl (C=O) groups excluding carboxylic acids is 3. The predicted octanol–water partition coefficient (Wildman–Crippen LogP) is 8.81. The highest BCUT2D eigenvalue weighted by atomic mass is 28.3. The molecule has 0 aromatic rings. The van der Waals surface area contributed by atoms with Crippen LogP contribution >= 0.6 is 0 Å². The van der Waals surface area contributed by atoms with Crippen molar-refractivity contribution in [2.45, 2.75) is 147 Å². The molecule has 0 radical (unpaired) electrons. The van der Waals surface area contributed by atoms with Crippen LogP contribution in [0.15, 0.2) is 0 Å². The Morgan fingerprint density at radius 1 is 0.660 bits per heavy atom. The highest BCUT2D eigenvalue weighted by Crippen LogP contribution is 2.43. The van der Waals surface area contributed by atoms with Crippen molar-refractivity contribution in [3.63, 3.8) is 0 Å². The lowest BCUT2D eigenvalue weighted by molar-refractivity contribution is -0.317. The van der Waals surface area contributed by atoms with Gasteiger partial charge < -0.3 is 24.1 Å². The third-order valence-electron chi connectivity index (χ3n) is 9.06.